The predicted octanol–water partition coefficient (Wildman–Crippen LogP) is 3.04. The lowest BCUT2D eigenvalue weighted by Crippen LogP contribution is -2.49. The fourth-order valence-corrected chi connectivity index (χ4v) is 4.11. The number of methoxy groups -OCH3 is 3. The van der Waals surface area contributed by atoms with Crippen LogP contribution >= 0.6 is 0 Å². The first kappa shape index (κ1) is 20.8. The summed E-state index contributed by atoms with van der Waals surface area (Å²) in [4.78, 5) is 22.1. The van der Waals surface area contributed by atoms with E-state index < -0.39 is 0 Å². The molecule has 1 saturated heterocycles. The van der Waals surface area contributed by atoms with Crippen LogP contribution in [0.1, 0.15) is 17.3 Å². The number of amides is 1. The maximum absolute atomic E-state index is 13.2. The van der Waals surface area contributed by atoms with E-state index in [2.05, 4.69) is 22.5 Å². The minimum atomic E-state index is -0.0529. The average molecular weight is 425 g/mol. The second kappa shape index (κ2) is 8.75. The summed E-state index contributed by atoms with van der Waals surface area (Å²) in [5.74, 6) is 2.33. The van der Waals surface area contributed by atoms with Gasteiger partial charge in [-0.1, -0.05) is 12.1 Å². The third-order valence-electron chi connectivity index (χ3n) is 5.71. The van der Waals surface area contributed by atoms with Crippen LogP contribution in [0, 0.1) is 0 Å². The molecule has 8 nitrogen and oxygen atoms in total. The van der Waals surface area contributed by atoms with Crippen molar-refractivity contribution >= 4 is 22.9 Å². The van der Waals surface area contributed by atoms with Gasteiger partial charge in [0.1, 0.15) is 0 Å². The average Bonchev–Trinajstić information content (AvgIpc) is 3.21. The highest BCUT2D eigenvalue weighted by molar-refractivity contribution is 5.96. The Bertz CT molecular complexity index is 1060. The van der Waals surface area contributed by atoms with Crippen molar-refractivity contribution in [1.82, 2.24) is 14.5 Å². The Morgan fingerprint density at radius 3 is 2.19 bits per heavy atom. The molecule has 0 radical (unpaired) electrons. The Kier molecular flexibility index (Phi) is 5.88. The number of carbonyl (C=O) groups is 1. The topological polar surface area (TPSA) is 69.1 Å². The van der Waals surface area contributed by atoms with Crippen LogP contribution < -0.4 is 19.1 Å². The summed E-state index contributed by atoms with van der Waals surface area (Å²) in [5, 5.41) is 0. The van der Waals surface area contributed by atoms with Gasteiger partial charge in [-0.2, -0.15) is 0 Å². The Morgan fingerprint density at radius 2 is 1.61 bits per heavy atom. The van der Waals surface area contributed by atoms with Crippen LogP contribution in [0.25, 0.3) is 11.0 Å². The molecule has 0 bridgehead atoms. The van der Waals surface area contributed by atoms with Gasteiger partial charge in [-0.05, 0) is 31.2 Å². The van der Waals surface area contributed by atoms with Crippen molar-refractivity contribution in [1.29, 1.82) is 0 Å². The highest BCUT2D eigenvalue weighted by Crippen LogP contribution is 2.38. The van der Waals surface area contributed by atoms with Crippen molar-refractivity contribution in [3.63, 3.8) is 0 Å². The van der Waals surface area contributed by atoms with Crippen LogP contribution in [0.5, 0.6) is 17.2 Å². The minimum Gasteiger partial charge on any atom is -0.493 e. The number of hydrogen-bond donors (Lipinski definition) is 0. The lowest BCUT2D eigenvalue weighted by molar-refractivity contribution is 0.0745. The molecule has 0 saturated carbocycles. The van der Waals surface area contributed by atoms with E-state index >= 15 is 0 Å². The molecule has 0 spiro atoms. The largest absolute Gasteiger partial charge is 0.493 e. The zero-order chi connectivity index (χ0) is 22.0. The normalized spacial score (nSPS) is 14.1. The lowest BCUT2D eigenvalue weighted by atomic mass is 10.1. The number of hydrogen-bond acceptors (Lipinski definition) is 6. The van der Waals surface area contributed by atoms with Gasteiger partial charge < -0.3 is 28.6 Å². The van der Waals surface area contributed by atoms with Gasteiger partial charge >= 0.3 is 0 Å². The number of aromatic nitrogens is 2. The molecule has 2 aromatic carbocycles. The van der Waals surface area contributed by atoms with Crippen molar-refractivity contribution < 1.29 is 19.0 Å². The van der Waals surface area contributed by atoms with Crippen molar-refractivity contribution in [2.45, 2.75) is 13.5 Å². The van der Waals surface area contributed by atoms with Crippen molar-refractivity contribution in [3.05, 3.63) is 42.0 Å². The zero-order valence-electron chi connectivity index (χ0n) is 18.4. The number of para-hydroxylation sites is 2. The first-order valence-electron chi connectivity index (χ1n) is 10.4. The van der Waals surface area contributed by atoms with E-state index in [9.17, 15) is 4.79 Å². The van der Waals surface area contributed by atoms with Crippen LogP contribution in [0.15, 0.2) is 36.4 Å². The Morgan fingerprint density at radius 1 is 0.968 bits per heavy atom. The molecule has 0 atom stereocenters. The van der Waals surface area contributed by atoms with E-state index in [4.69, 9.17) is 19.2 Å². The third-order valence-corrected chi connectivity index (χ3v) is 5.71. The van der Waals surface area contributed by atoms with E-state index in [1.54, 1.807) is 33.5 Å². The summed E-state index contributed by atoms with van der Waals surface area (Å²) in [6, 6.07) is 11.6. The monoisotopic (exact) mass is 424 g/mol. The number of imidazole rings is 1. The molecule has 2 heterocycles. The Labute approximate surface area is 181 Å². The number of piperazine rings is 1. The molecule has 3 aromatic rings. The van der Waals surface area contributed by atoms with Gasteiger partial charge in [0, 0.05) is 38.3 Å². The van der Waals surface area contributed by atoms with Gasteiger partial charge in [0.2, 0.25) is 11.7 Å². The summed E-state index contributed by atoms with van der Waals surface area (Å²) in [6.45, 7) is 5.64. The first-order valence-corrected chi connectivity index (χ1v) is 10.4. The predicted molar refractivity (Wildman–Crippen MR) is 120 cm³/mol. The molecule has 1 fully saturated rings. The molecular weight excluding hydrogens is 396 g/mol. The summed E-state index contributed by atoms with van der Waals surface area (Å²) in [7, 11) is 4.64. The summed E-state index contributed by atoms with van der Waals surface area (Å²) in [6.07, 6.45) is 0. The fourth-order valence-electron chi connectivity index (χ4n) is 4.11. The highest BCUT2D eigenvalue weighted by Gasteiger charge is 2.27. The molecule has 31 heavy (non-hydrogen) atoms. The van der Waals surface area contributed by atoms with Gasteiger partial charge in [0.05, 0.1) is 32.4 Å². The molecule has 1 aliphatic heterocycles. The van der Waals surface area contributed by atoms with Crippen molar-refractivity contribution in [2.75, 3.05) is 52.4 Å². The van der Waals surface area contributed by atoms with Crippen LogP contribution in [0.4, 0.5) is 5.95 Å². The van der Waals surface area contributed by atoms with Gasteiger partial charge in [0.15, 0.2) is 11.5 Å². The SMILES string of the molecule is CCn1c(N2CCN(C(=O)c3cc(OC)c(OC)c(OC)c3)CC2)nc2ccccc21. The fraction of sp³-hybridized carbons (Fsp3) is 0.391. The molecule has 1 aromatic heterocycles. The Hall–Kier alpha value is -3.42. The third kappa shape index (κ3) is 3.73. The molecule has 0 unspecified atom stereocenters. The molecule has 1 aliphatic rings. The number of aryl methyl sites for hydroxylation is 1. The second-order valence-electron chi connectivity index (χ2n) is 7.34. The van der Waals surface area contributed by atoms with Gasteiger partial charge in [0.25, 0.3) is 5.91 Å². The minimum absolute atomic E-state index is 0.0529. The molecule has 164 valence electrons. The van der Waals surface area contributed by atoms with Gasteiger partial charge in [-0.25, -0.2) is 4.98 Å². The van der Waals surface area contributed by atoms with Crippen LogP contribution in [-0.4, -0.2) is 67.9 Å². The Balaban J connectivity index is 1.52. The smallest absolute Gasteiger partial charge is 0.254 e. The maximum Gasteiger partial charge on any atom is 0.254 e. The van der Waals surface area contributed by atoms with E-state index in [-0.39, 0.29) is 5.91 Å². The molecular formula is C23H28N4O4. The molecule has 8 heteroatoms. The highest BCUT2D eigenvalue weighted by atomic mass is 16.5. The maximum atomic E-state index is 13.2. The summed E-state index contributed by atoms with van der Waals surface area (Å²) < 4.78 is 18.4. The van der Waals surface area contributed by atoms with Crippen LogP contribution in [-0.2, 0) is 6.54 Å². The second-order valence-corrected chi connectivity index (χ2v) is 7.34. The number of anilines is 1. The lowest BCUT2D eigenvalue weighted by Gasteiger charge is -2.35. The molecule has 1 amide bonds. The van der Waals surface area contributed by atoms with E-state index in [1.807, 2.05) is 23.1 Å². The number of fused-ring (bicyclic) bond motifs is 1. The molecule has 0 N–H and O–H groups in total. The molecule has 0 aliphatic carbocycles. The van der Waals surface area contributed by atoms with Crippen molar-refractivity contribution in [3.8, 4) is 17.2 Å². The van der Waals surface area contributed by atoms with E-state index in [0.717, 1.165) is 36.6 Å². The zero-order valence-corrected chi connectivity index (χ0v) is 18.4. The van der Waals surface area contributed by atoms with Gasteiger partial charge in [-0.3, -0.25) is 4.79 Å². The van der Waals surface area contributed by atoms with E-state index in [0.29, 0.717) is 35.9 Å². The van der Waals surface area contributed by atoms with Crippen LogP contribution in [0.2, 0.25) is 0 Å². The molecule has 4 rings (SSSR count). The van der Waals surface area contributed by atoms with E-state index in [1.165, 1.54) is 0 Å². The number of benzene rings is 2. The van der Waals surface area contributed by atoms with Gasteiger partial charge in [-0.15, -0.1) is 0 Å². The summed E-state index contributed by atoms with van der Waals surface area (Å²) >= 11 is 0. The number of rotatable bonds is 6. The standard InChI is InChI=1S/C23H28N4O4/c1-5-27-18-9-7-6-8-17(18)24-23(27)26-12-10-25(11-13-26)22(28)16-14-19(29-2)21(31-4)20(15-16)30-3/h6-9,14-15H,5,10-13H2,1-4H3. The van der Waals surface area contributed by atoms with Crippen molar-refractivity contribution in [2.24, 2.45) is 0 Å². The first-order chi connectivity index (χ1) is 15.1. The quantitative estimate of drug-likeness (QED) is 0.606. The number of carbonyl (C=O) groups excluding carboxylic acids is 1. The summed E-state index contributed by atoms with van der Waals surface area (Å²) in [5.41, 5.74) is 2.65. The van der Waals surface area contributed by atoms with Crippen LogP contribution in [0.3, 0.4) is 0 Å². The number of ether oxygens (including phenoxy) is 3. The number of nitrogens with zero attached hydrogens (tertiary/aromatic N) is 4.